The highest BCUT2D eigenvalue weighted by atomic mass is 19.1. The SMILES string of the molecule is CCCCCCCC(C)(CCCCCC)N1CC(F)C1. The number of likely N-dealkylation sites (tertiary alicyclic amines) is 1. The van der Waals surface area contributed by atoms with E-state index >= 15 is 0 Å². The minimum absolute atomic E-state index is 0.266. The molecule has 20 heavy (non-hydrogen) atoms. The quantitative estimate of drug-likeness (QED) is 0.414. The van der Waals surface area contributed by atoms with Gasteiger partial charge >= 0.3 is 0 Å². The number of rotatable bonds is 12. The molecule has 0 aromatic carbocycles. The van der Waals surface area contributed by atoms with E-state index in [-0.39, 0.29) is 5.54 Å². The molecule has 0 saturated carbocycles. The highest BCUT2D eigenvalue weighted by Gasteiger charge is 2.39. The van der Waals surface area contributed by atoms with E-state index in [2.05, 4.69) is 25.7 Å². The molecule has 0 aliphatic carbocycles. The van der Waals surface area contributed by atoms with Crippen LogP contribution in [0, 0.1) is 0 Å². The molecule has 0 radical (unpaired) electrons. The second-order valence-electron chi connectivity index (χ2n) is 6.97. The fourth-order valence-electron chi connectivity index (χ4n) is 3.35. The van der Waals surface area contributed by atoms with Crippen molar-refractivity contribution in [2.45, 2.75) is 103 Å². The molecule has 1 fully saturated rings. The third-order valence-corrected chi connectivity index (χ3v) is 4.99. The van der Waals surface area contributed by atoms with E-state index in [9.17, 15) is 4.39 Å². The van der Waals surface area contributed by atoms with Gasteiger partial charge in [-0.15, -0.1) is 0 Å². The zero-order valence-corrected chi connectivity index (χ0v) is 14.1. The second kappa shape index (κ2) is 9.76. The zero-order chi connectivity index (χ0) is 14.8. The van der Waals surface area contributed by atoms with Gasteiger partial charge in [0, 0.05) is 18.6 Å². The van der Waals surface area contributed by atoms with Crippen LogP contribution >= 0.6 is 0 Å². The minimum Gasteiger partial charge on any atom is -0.292 e. The third-order valence-electron chi connectivity index (χ3n) is 4.99. The summed E-state index contributed by atoms with van der Waals surface area (Å²) in [6.07, 6.45) is 14.0. The summed E-state index contributed by atoms with van der Waals surface area (Å²) in [5.74, 6) is 0. The second-order valence-corrected chi connectivity index (χ2v) is 6.97. The van der Waals surface area contributed by atoms with Gasteiger partial charge in [-0.3, -0.25) is 4.90 Å². The largest absolute Gasteiger partial charge is 0.292 e. The Labute approximate surface area is 126 Å². The summed E-state index contributed by atoms with van der Waals surface area (Å²) >= 11 is 0. The van der Waals surface area contributed by atoms with E-state index < -0.39 is 6.17 Å². The maximum absolute atomic E-state index is 13.2. The van der Waals surface area contributed by atoms with Gasteiger partial charge in [-0.05, 0) is 19.8 Å². The summed E-state index contributed by atoms with van der Waals surface area (Å²) in [6, 6.07) is 0. The van der Waals surface area contributed by atoms with Crippen molar-refractivity contribution in [2.24, 2.45) is 0 Å². The van der Waals surface area contributed by atoms with Gasteiger partial charge in [0.05, 0.1) is 0 Å². The van der Waals surface area contributed by atoms with Crippen molar-refractivity contribution in [1.29, 1.82) is 0 Å². The molecule has 1 aliphatic rings. The standard InChI is InChI=1S/C18H36FN/c1-4-6-8-10-12-14-18(3,13-11-9-7-5-2)20-15-17(19)16-20/h17H,4-16H2,1-3H3. The molecule has 1 rings (SSSR count). The van der Waals surface area contributed by atoms with Crippen LogP contribution in [-0.2, 0) is 0 Å². The molecule has 1 saturated heterocycles. The Bertz CT molecular complexity index is 238. The van der Waals surface area contributed by atoms with E-state index in [0.29, 0.717) is 13.1 Å². The van der Waals surface area contributed by atoms with Crippen LogP contribution in [0.25, 0.3) is 0 Å². The van der Waals surface area contributed by atoms with E-state index in [1.54, 1.807) is 0 Å². The molecule has 120 valence electrons. The number of nitrogens with zero attached hydrogens (tertiary/aromatic N) is 1. The van der Waals surface area contributed by atoms with Crippen molar-refractivity contribution in [2.75, 3.05) is 13.1 Å². The first-order valence-electron chi connectivity index (χ1n) is 9.01. The van der Waals surface area contributed by atoms with E-state index in [1.165, 1.54) is 70.6 Å². The van der Waals surface area contributed by atoms with Crippen LogP contribution in [0.2, 0.25) is 0 Å². The fourth-order valence-corrected chi connectivity index (χ4v) is 3.35. The van der Waals surface area contributed by atoms with E-state index in [4.69, 9.17) is 0 Å². The topological polar surface area (TPSA) is 3.24 Å². The lowest BCUT2D eigenvalue weighted by Gasteiger charge is -2.49. The van der Waals surface area contributed by atoms with Crippen molar-refractivity contribution in [3.05, 3.63) is 0 Å². The van der Waals surface area contributed by atoms with Crippen molar-refractivity contribution in [3.8, 4) is 0 Å². The molecule has 1 unspecified atom stereocenters. The first-order chi connectivity index (χ1) is 9.62. The molecule has 1 atom stereocenters. The first kappa shape index (κ1) is 17.9. The van der Waals surface area contributed by atoms with Gasteiger partial charge in [0.1, 0.15) is 6.17 Å². The summed E-state index contributed by atoms with van der Waals surface area (Å²) in [4.78, 5) is 2.41. The lowest BCUT2D eigenvalue weighted by atomic mass is 9.84. The molecule has 1 nitrogen and oxygen atoms in total. The molecule has 0 N–H and O–H groups in total. The maximum Gasteiger partial charge on any atom is 0.125 e. The van der Waals surface area contributed by atoms with Gasteiger partial charge in [-0.2, -0.15) is 0 Å². The molecule has 0 aromatic rings. The molecule has 0 spiro atoms. The normalized spacial score (nSPS) is 19.8. The van der Waals surface area contributed by atoms with Crippen LogP contribution in [0.15, 0.2) is 0 Å². The predicted molar refractivity (Wildman–Crippen MR) is 87.0 cm³/mol. The number of halogens is 1. The monoisotopic (exact) mass is 285 g/mol. The molecule has 1 heterocycles. The number of hydrogen-bond acceptors (Lipinski definition) is 1. The molecule has 1 aliphatic heterocycles. The van der Waals surface area contributed by atoms with Gasteiger partial charge < -0.3 is 0 Å². The predicted octanol–water partition coefficient (Wildman–Crippen LogP) is 5.73. The summed E-state index contributed by atoms with van der Waals surface area (Å²) in [5, 5.41) is 0. The van der Waals surface area contributed by atoms with Crippen molar-refractivity contribution in [1.82, 2.24) is 4.90 Å². The van der Waals surface area contributed by atoms with Crippen LogP contribution in [0.3, 0.4) is 0 Å². The Morgan fingerprint density at radius 2 is 1.30 bits per heavy atom. The average molecular weight is 285 g/mol. The molecular formula is C18H36FN. The van der Waals surface area contributed by atoms with Crippen LogP contribution < -0.4 is 0 Å². The average Bonchev–Trinajstić information content (AvgIpc) is 2.40. The van der Waals surface area contributed by atoms with Crippen LogP contribution in [0.4, 0.5) is 4.39 Å². The third kappa shape index (κ3) is 6.11. The van der Waals surface area contributed by atoms with Gasteiger partial charge in [-0.1, -0.05) is 71.6 Å². The van der Waals surface area contributed by atoms with Gasteiger partial charge in [0.25, 0.3) is 0 Å². The lowest BCUT2D eigenvalue weighted by molar-refractivity contribution is -0.0330. The van der Waals surface area contributed by atoms with Crippen LogP contribution in [0.1, 0.15) is 91.4 Å². The molecule has 0 amide bonds. The molecule has 2 heteroatoms. The summed E-state index contributed by atoms with van der Waals surface area (Å²) < 4.78 is 13.2. The summed E-state index contributed by atoms with van der Waals surface area (Å²) in [5.41, 5.74) is 0.266. The van der Waals surface area contributed by atoms with Gasteiger partial charge in [0.2, 0.25) is 0 Å². The van der Waals surface area contributed by atoms with Gasteiger partial charge in [-0.25, -0.2) is 4.39 Å². The van der Waals surface area contributed by atoms with Gasteiger partial charge in [0.15, 0.2) is 0 Å². The Hall–Kier alpha value is -0.110. The minimum atomic E-state index is -0.565. The van der Waals surface area contributed by atoms with Crippen molar-refractivity contribution >= 4 is 0 Å². The number of unbranched alkanes of at least 4 members (excludes halogenated alkanes) is 7. The van der Waals surface area contributed by atoms with E-state index in [0.717, 1.165) is 0 Å². The Morgan fingerprint density at radius 1 is 0.850 bits per heavy atom. The summed E-state index contributed by atoms with van der Waals surface area (Å²) in [6.45, 7) is 8.26. The summed E-state index contributed by atoms with van der Waals surface area (Å²) in [7, 11) is 0. The van der Waals surface area contributed by atoms with E-state index in [1.807, 2.05) is 0 Å². The first-order valence-corrected chi connectivity index (χ1v) is 9.01. The van der Waals surface area contributed by atoms with Crippen molar-refractivity contribution in [3.63, 3.8) is 0 Å². The maximum atomic E-state index is 13.2. The highest BCUT2D eigenvalue weighted by Crippen LogP contribution is 2.33. The molecule has 0 bridgehead atoms. The zero-order valence-electron chi connectivity index (χ0n) is 14.1. The van der Waals surface area contributed by atoms with Crippen LogP contribution in [-0.4, -0.2) is 29.7 Å². The highest BCUT2D eigenvalue weighted by molar-refractivity contribution is 4.94. The van der Waals surface area contributed by atoms with Crippen LogP contribution in [0.5, 0.6) is 0 Å². The Kier molecular flexibility index (Phi) is 8.75. The Morgan fingerprint density at radius 3 is 1.75 bits per heavy atom. The molecule has 0 aromatic heterocycles. The molecular weight excluding hydrogens is 249 g/mol. The Balaban J connectivity index is 2.30. The number of alkyl halides is 1. The lowest BCUT2D eigenvalue weighted by Crippen LogP contribution is -2.59. The van der Waals surface area contributed by atoms with Crippen molar-refractivity contribution < 1.29 is 4.39 Å². The fraction of sp³-hybridized carbons (Fsp3) is 1.00. The smallest absolute Gasteiger partial charge is 0.125 e. The number of hydrogen-bond donors (Lipinski definition) is 0.